The molecule has 2 aliphatic heterocycles. The number of rotatable bonds is 5. The Morgan fingerprint density at radius 1 is 1.30 bits per heavy atom. The van der Waals surface area contributed by atoms with Gasteiger partial charge >= 0.3 is 5.97 Å². The lowest BCUT2D eigenvalue weighted by Crippen LogP contribution is -2.35. The van der Waals surface area contributed by atoms with Crippen LogP contribution in [0.5, 0.6) is 0 Å². The van der Waals surface area contributed by atoms with Crippen molar-refractivity contribution >= 4 is 15.8 Å². The van der Waals surface area contributed by atoms with Crippen molar-refractivity contribution in [1.82, 2.24) is 4.90 Å². The molecule has 0 radical (unpaired) electrons. The van der Waals surface area contributed by atoms with Crippen LogP contribution >= 0.6 is 0 Å². The highest BCUT2D eigenvalue weighted by molar-refractivity contribution is 7.90. The fourth-order valence-corrected chi connectivity index (χ4v) is 4.78. The van der Waals surface area contributed by atoms with E-state index in [-0.39, 0.29) is 17.9 Å². The zero-order valence-corrected chi connectivity index (χ0v) is 14.3. The molecule has 2 bridgehead atoms. The third-order valence-corrected chi connectivity index (χ3v) is 5.99. The molecule has 2 aliphatic rings. The van der Waals surface area contributed by atoms with E-state index in [0.29, 0.717) is 11.6 Å². The van der Waals surface area contributed by atoms with Crippen LogP contribution in [0.2, 0.25) is 0 Å². The Morgan fingerprint density at radius 3 is 2.52 bits per heavy atom. The summed E-state index contributed by atoms with van der Waals surface area (Å²) in [5, 5.41) is 0. The summed E-state index contributed by atoms with van der Waals surface area (Å²) >= 11 is 0. The van der Waals surface area contributed by atoms with Crippen molar-refractivity contribution in [3.8, 4) is 0 Å². The lowest BCUT2D eigenvalue weighted by molar-refractivity contribution is -0.151. The maximum Gasteiger partial charge on any atom is 0.314 e. The Balaban J connectivity index is 1.76. The van der Waals surface area contributed by atoms with E-state index in [4.69, 9.17) is 4.74 Å². The molecule has 0 spiro atoms. The first-order valence-electron chi connectivity index (χ1n) is 8.00. The van der Waals surface area contributed by atoms with Crippen LogP contribution in [-0.4, -0.2) is 56.5 Å². The molecule has 0 amide bonds. The number of hydrogen-bond donors (Lipinski definition) is 0. The number of benzene rings is 1. The van der Waals surface area contributed by atoms with Gasteiger partial charge in [-0.1, -0.05) is 30.3 Å². The summed E-state index contributed by atoms with van der Waals surface area (Å²) in [5.41, 5.74) is 0.694. The van der Waals surface area contributed by atoms with Crippen LogP contribution in [0.1, 0.15) is 30.7 Å². The van der Waals surface area contributed by atoms with Crippen LogP contribution in [0.25, 0.3) is 0 Å². The lowest BCUT2D eigenvalue weighted by Gasteiger charge is -2.24. The van der Waals surface area contributed by atoms with Crippen LogP contribution in [-0.2, 0) is 19.4 Å². The first kappa shape index (κ1) is 16.5. The van der Waals surface area contributed by atoms with Crippen molar-refractivity contribution in [2.75, 3.05) is 19.1 Å². The van der Waals surface area contributed by atoms with Gasteiger partial charge in [0.2, 0.25) is 0 Å². The van der Waals surface area contributed by atoms with Gasteiger partial charge in [-0.3, -0.25) is 9.69 Å². The molecule has 126 valence electrons. The van der Waals surface area contributed by atoms with Gasteiger partial charge in [0.05, 0.1) is 11.7 Å². The summed E-state index contributed by atoms with van der Waals surface area (Å²) in [5.74, 6) is -1.39. The van der Waals surface area contributed by atoms with Gasteiger partial charge in [-0.25, -0.2) is 8.42 Å². The molecule has 23 heavy (non-hydrogen) atoms. The van der Waals surface area contributed by atoms with E-state index in [0.717, 1.165) is 25.5 Å². The quantitative estimate of drug-likeness (QED) is 0.764. The molecule has 4 atom stereocenters. The average molecular weight is 337 g/mol. The van der Waals surface area contributed by atoms with Crippen LogP contribution in [0.15, 0.2) is 30.3 Å². The molecule has 0 N–H and O–H groups in total. The molecule has 6 heteroatoms. The predicted molar refractivity (Wildman–Crippen MR) is 88.0 cm³/mol. The van der Waals surface area contributed by atoms with Crippen molar-refractivity contribution in [3.05, 3.63) is 35.9 Å². The van der Waals surface area contributed by atoms with Crippen molar-refractivity contribution in [2.24, 2.45) is 0 Å². The Hall–Kier alpha value is -1.40. The Bertz CT molecular complexity index is 673. The molecule has 0 aliphatic carbocycles. The third-order valence-electron chi connectivity index (χ3n) is 5.05. The van der Waals surface area contributed by atoms with Gasteiger partial charge < -0.3 is 4.74 Å². The average Bonchev–Trinajstić information content (AvgIpc) is 2.99. The summed E-state index contributed by atoms with van der Waals surface area (Å²) in [6, 6.07) is 9.79. The van der Waals surface area contributed by atoms with Gasteiger partial charge in [0.1, 0.15) is 15.9 Å². The van der Waals surface area contributed by atoms with Gasteiger partial charge in [0.25, 0.3) is 0 Å². The maximum atomic E-state index is 12.7. The van der Waals surface area contributed by atoms with Crippen LogP contribution < -0.4 is 0 Å². The summed E-state index contributed by atoms with van der Waals surface area (Å²) in [4.78, 5) is 14.9. The van der Waals surface area contributed by atoms with Crippen molar-refractivity contribution in [1.29, 1.82) is 0 Å². The molecule has 0 saturated carbocycles. The minimum atomic E-state index is -3.28. The van der Waals surface area contributed by atoms with Gasteiger partial charge in [0.15, 0.2) is 0 Å². The SMILES string of the molecule is CN1C2CCC1C(OC(=O)[C@@H](CS(C)(=O)=O)c1ccccc1)C2. The van der Waals surface area contributed by atoms with Crippen molar-refractivity contribution in [2.45, 2.75) is 43.4 Å². The highest BCUT2D eigenvalue weighted by Gasteiger charge is 2.46. The van der Waals surface area contributed by atoms with Crippen LogP contribution in [0.3, 0.4) is 0 Å². The molecule has 5 nitrogen and oxygen atoms in total. The first-order chi connectivity index (χ1) is 10.8. The highest BCUT2D eigenvalue weighted by Crippen LogP contribution is 2.38. The topological polar surface area (TPSA) is 63.7 Å². The lowest BCUT2D eigenvalue weighted by atomic mass is 9.97. The third kappa shape index (κ3) is 3.58. The standard InChI is InChI=1S/C17H23NO4S/c1-18-13-8-9-15(18)16(10-13)22-17(19)14(11-23(2,20)21)12-6-4-3-5-7-12/h3-7,13-16H,8-11H2,1-2H3/t13?,14-,15?,16?/m0/s1. The Kier molecular flexibility index (Phi) is 4.47. The Labute approximate surface area is 137 Å². The second-order valence-electron chi connectivity index (χ2n) is 6.73. The van der Waals surface area contributed by atoms with Crippen molar-refractivity contribution < 1.29 is 17.9 Å². The van der Waals surface area contributed by atoms with E-state index < -0.39 is 21.7 Å². The van der Waals surface area contributed by atoms with Crippen LogP contribution in [0, 0.1) is 0 Å². The van der Waals surface area contributed by atoms with Gasteiger partial charge in [-0.15, -0.1) is 0 Å². The number of carbonyl (C=O) groups excluding carboxylic acids is 1. The maximum absolute atomic E-state index is 12.7. The normalized spacial score (nSPS) is 28.7. The summed E-state index contributed by atoms with van der Waals surface area (Å²) in [6.45, 7) is 0. The number of likely N-dealkylation sites (N-methyl/N-ethyl adjacent to an activating group) is 1. The predicted octanol–water partition coefficient (Wildman–Crippen LogP) is 1.59. The summed E-state index contributed by atoms with van der Waals surface area (Å²) in [6.07, 6.45) is 4.09. The fourth-order valence-electron chi connectivity index (χ4n) is 3.85. The molecule has 3 rings (SSSR count). The fraction of sp³-hybridized carbons (Fsp3) is 0.588. The number of carbonyl (C=O) groups is 1. The zero-order chi connectivity index (χ0) is 16.6. The van der Waals surface area contributed by atoms with E-state index in [1.807, 2.05) is 18.2 Å². The molecule has 2 saturated heterocycles. The minimum Gasteiger partial charge on any atom is -0.460 e. The number of nitrogens with zero attached hydrogens (tertiary/aromatic N) is 1. The van der Waals surface area contributed by atoms with Gasteiger partial charge in [0, 0.05) is 24.8 Å². The molecule has 3 unspecified atom stereocenters. The van der Waals surface area contributed by atoms with Crippen molar-refractivity contribution in [3.63, 3.8) is 0 Å². The molecule has 2 heterocycles. The molecule has 1 aromatic carbocycles. The number of esters is 1. The van der Waals surface area contributed by atoms with Gasteiger partial charge in [-0.05, 0) is 25.5 Å². The molecule has 1 aromatic rings. The van der Waals surface area contributed by atoms with Crippen LogP contribution in [0.4, 0.5) is 0 Å². The number of sulfone groups is 1. The largest absolute Gasteiger partial charge is 0.460 e. The minimum absolute atomic E-state index is 0.114. The zero-order valence-electron chi connectivity index (χ0n) is 13.5. The monoisotopic (exact) mass is 337 g/mol. The summed E-state index contributed by atoms with van der Waals surface area (Å²) in [7, 11) is -1.21. The first-order valence-corrected chi connectivity index (χ1v) is 10.1. The molecular weight excluding hydrogens is 314 g/mol. The van der Waals surface area contributed by atoms with E-state index >= 15 is 0 Å². The number of ether oxygens (including phenoxy) is 1. The summed E-state index contributed by atoms with van der Waals surface area (Å²) < 4.78 is 29.2. The van der Waals surface area contributed by atoms with E-state index in [1.165, 1.54) is 0 Å². The van der Waals surface area contributed by atoms with E-state index in [2.05, 4.69) is 11.9 Å². The second-order valence-corrected chi connectivity index (χ2v) is 8.92. The molecule has 0 aromatic heterocycles. The molecule has 2 fully saturated rings. The number of hydrogen-bond acceptors (Lipinski definition) is 5. The Morgan fingerprint density at radius 2 is 2.00 bits per heavy atom. The second kappa shape index (κ2) is 6.24. The van der Waals surface area contributed by atoms with E-state index in [1.54, 1.807) is 12.1 Å². The van der Waals surface area contributed by atoms with E-state index in [9.17, 15) is 13.2 Å². The highest BCUT2D eigenvalue weighted by atomic mass is 32.2. The smallest absolute Gasteiger partial charge is 0.314 e. The van der Waals surface area contributed by atoms with Gasteiger partial charge in [-0.2, -0.15) is 0 Å². The number of fused-ring (bicyclic) bond motifs is 2. The molecular formula is C17H23NO4S.